The van der Waals surface area contributed by atoms with Crippen molar-refractivity contribution < 1.29 is 19.0 Å². The molecule has 0 radical (unpaired) electrons. The predicted molar refractivity (Wildman–Crippen MR) is 58.9 cm³/mol. The van der Waals surface area contributed by atoms with Crippen LogP contribution in [0.4, 0.5) is 4.39 Å². The first-order valence-electron chi connectivity index (χ1n) is 5.29. The van der Waals surface area contributed by atoms with Gasteiger partial charge in [-0.05, 0) is 30.5 Å². The van der Waals surface area contributed by atoms with Crippen molar-refractivity contribution in [1.29, 1.82) is 0 Å². The van der Waals surface area contributed by atoms with E-state index in [0.717, 1.165) is 12.8 Å². The highest BCUT2D eigenvalue weighted by Crippen LogP contribution is 2.18. The molecular weight excluding hydrogens is 211 g/mol. The molecule has 0 saturated carbocycles. The van der Waals surface area contributed by atoms with Crippen LogP contribution in [-0.4, -0.2) is 25.4 Å². The highest BCUT2D eigenvalue weighted by atomic mass is 19.1. The molecule has 16 heavy (non-hydrogen) atoms. The molecule has 0 unspecified atom stereocenters. The molecule has 1 aromatic rings. The number of aliphatic hydroxyl groups excluding tert-OH is 1. The maximum absolute atomic E-state index is 13.4. The molecule has 0 heterocycles. The van der Waals surface area contributed by atoms with Crippen LogP contribution < -0.4 is 4.74 Å². The van der Waals surface area contributed by atoms with Crippen LogP contribution in [0.2, 0.25) is 0 Å². The lowest BCUT2D eigenvalue weighted by Gasteiger charge is -2.07. The molecule has 1 aromatic carbocycles. The Bertz CT molecular complexity index is 315. The van der Waals surface area contributed by atoms with E-state index in [-0.39, 0.29) is 12.4 Å². The summed E-state index contributed by atoms with van der Waals surface area (Å²) < 4.78 is 23.5. The van der Waals surface area contributed by atoms with Gasteiger partial charge in [0.15, 0.2) is 11.6 Å². The molecule has 3 nitrogen and oxygen atoms in total. The summed E-state index contributed by atoms with van der Waals surface area (Å²) in [5.41, 5.74) is 0.546. The maximum Gasteiger partial charge on any atom is 0.165 e. The minimum absolute atomic E-state index is 0.162. The van der Waals surface area contributed by atoms with Crippen molar-refractivity contribution in [1.82, 2.24) is 0 Å². The summed E-state index contributed by atoms with van der Waals surface area (Å²) in [5, 5.41) is 8.80. The van der Waals surface area contributed by atoms with Crippen LogP contribution in [0.1, 0.15) is 18.4 Å². The summed E-state index contributed by atoms with van der Waals surface area (Å²) >= 11 is 0. The Morgan fingerprint density at radius 2 is 2.00 bits per heavy atom. The van der Waals surface area contributed by atoms with E-state index in [4.69, 9.17) is 14.6 Å². The highest BCUT2D eigenvalue weighted by molar-refractivity contribution is 5.28. The molecule has 1 N–H and O–H groups in total. The molecule has 0 spiro atoms. The first-order valence-corrected chi connectivity index (χ1v) is 5.29. The van der Waals surface area contributed by atoms with E-state index in [2.05, 4.69) is 0 Å². The average Bonchev–Trinajstić information content (AvgIpc) is 2.30. The maximum atomic E-state index is 13.4. The van der Waals surface area contributed by atoms with Crippen molar-refractivity contribution in [3.63, 3.8) is 0 Å². The lowest BCUT2D eigenvalue weighted by Crippen LogP contribution is -2.01. The number of hydrogen-bond donors (Lipinski definition) is 1. The fourth-order valence-electron chi connectivity index (χ4n) is 1.29. The quantitative estimate of drug-likeness (QED) is 0.726. The molecule has 0 aliphatic heterocycles. The highest BCUT2D eigenvalue weighted by Gasteiger charge is 2.03. The van der Waals surface area contributed by atoms with E-state index in [1.165, 1.54) is 12.1 Å². The second kappa shape index (κ2) is 7.19. The molecule has 4 heteroatoms. The van der Waals surface area contributed by atoms with Crippen LogP contribution in [0.15, 0.2) is 18.2 Å². The minimum atomic E-state index is -0.432. The van der Waals surface area contributed by atoms with Crippen molar-refractivity contribution in [2.45, 2.75) is 19.4 Å². The summed E-state index contributed by atoms with van der Waals surface area (Å²) in [5.74, 6) is -0.201. The number of aliphatic hydroxyl groups is 1. The number of benzene rings is 1. The van der Waals surface area contributed by atoms with Gasteiger partial charge in [0.25, 0.3) is 0 Å². The SMILES string of the molecule is COCCCCOc1ccc(CO)cc1F. The number of halogens is 1. The van der Waals surface area contributed by atoms with Crippen molar-refractivity contribution >= 4 is 0 Å². The molecule has 0 amide bonds. The van der Waals surface area contributed by atoms with Gasteiger partial charge in [-0.1, -0.05) is 6.07 Å². The second-order valence-electron chi connectivity index (χ2n) is 3.47. The Labute approximate surface area is 94.8 Å². The standard InChI is InChI=1S/C12H17FO3/c1-15-6-2-3-7-16-12-5-4-10(9-14)8-11(12)13/h4-5,8,14H,2-3,6-7,9H2,1H3. The molecule has 90 valence electrons. The first kappa shape index (κ1) is 12.9. The van der Waals surface area contributed by atoms with Gasteiger partial charge < -0.3 is 14.6 Å². The summed E-state index contributed by atoms with van der Waals surface area (Å²) in [6, 6.07) is 4.47. The zero-order valence-corrected chi connectivity index (χ0v) is 9.41. The Balaban J connectivity index is 2.36. The number of methoxy groups -OCH3 is 1. The largest absolute Gasteiger partial charge is 0.491 e. The average molecular weight is 228 g/mol. The molecule has 0 fully saturated rings. The molecule has 1 rings (SSSR count). The number of unbranched alkanes of at least 4 members (excludes halogenated alkanes) is 1. The smallest absolute Gasteiger partial charge is 0.165 e. The van der Waals surface area contributed by atoms with Crippen LogP contribution in [0.3, 0.4) is 0 Å². The van der Waals surface area contributed by atoms with Crippen molar-refractivity contribution in [2.24, 2.45) is 0 Å². The molecule has 0 saturated heterocycles. The molecule has 0 atom stereocenters. The molecular formula is C12H17FO3. The summed E-state index contributed by atoms with van der Waals surface area (Å²) in [7, 11) is 1.65. The Kier molecular flexibility index (Phi) is 5.82. The van der Waals surface area contributed by atoms with E-state index >= 15 is 0 Å². The van der Waals surface area contributed by atoms with Crippen molar-refractivity contribution in [3.8, 4) is 5.75 Å². The van der Waals surface area contributed by atoms with Gasteiger partial charge in [0.2, 0.25) is 0 Å². The lowest BCUT2D eigenvalue weighted by atomic mass is 10.2. The summed E-state index contributed by atoms with van der Waals surface area (Å²) in [6.07, 6.45) is 1.72. The van der Waals surface area contributed by atoms with Gasteiger partial charge in [0.1, 0.15) is 0 Å². The normalized spacial score (nSPS) is 10.4. The number of hydrogen-bond acceptors (Lipinski definition) is 3. The third kappa shape index (κ3) is 4.16. The molecule has 0 aliphatic rings. The lowest BCUT2D eigenvalue weighted by molar-refractivity contribution is 0.183. The Morgan fingerprint density at radius 3 is 2.62 bits per heavy atom. The van der Waals surface area contributed by atoms with Gasteiger partial charge in [-0.2, -0.15) is 0 Å². The zero-order chi connectivity index (χ0) is 11.8. The van der Waals surface area contributed by atoms with E-state index in [9.17, 15) is 4.39 Å². The van der Waals surface area contributed by atoms with E-state index in [1.54, 1.807) is 13.2 Å². The summed E-state index contributed by atoms with van der Waals surface area (Å²) in [4.78, 5) is 0. The second-order valence-corrected chi connectivity index (χ2v) is 3.47. The molecule has 0 bridgehead atoms. The van der Waals surface area contributed by atoms with Crippen molar-refractivity contribution in [3.05, 3.63) is 29.6 Å². The van der Waals surface area contributed by atoms with Gasteiger partial charge in [0.05, 0.1) is 13.2 Å². The van der Waals surface area contributed by atoms with Gasteiger partial charge in [-0.25, -0.2) is 4.39 Å². The monoisotopic (exact) mass is 228 g/mol. The van der Waals surface area contributed by atoms with Crippen LogP contribution in [0, 0.1) is 5.82 Å². The topological polar surface area (TPSA) is 38.7 Å². The van der Waals surface area contributed by atoms with Crippen LogP contribution in [0.25, 0.3) is 0 Å². The predicted octanol–water partition coefficient (Wildman–Crippen LogP) is 2.12. The third-order valence-electron chi connectivity index (χ3n) is 2.18. The molecule has 0 aromatic heterocycles. The van der Waals surface area contributed by atoms with Crippen LogP contribution in [0.5, 0.6) is 5.75 Å². The Hall–Kier alpha value is -1.13. The zero-order valence-electron chi connectivity index (χ0n) is 9.41. The fourth-order valence-corrected chi connectivity index (χ4v) is 1.29. The fraction of sp³-hybridized carbons (Fsp3) is 0.500. The van der Waals surface area contributed by atoms with E-state index < -0.39 is 5.82 Å². The summed E-state index contributed by atoms with van der Waals surface area (Å²) in [6.45, 7) is 0.999. The van der Waals surface area contributed by atoms with Crippen LogP contribution in [-0.2, 0) is 11.3 Å². The van der Waals surface area contributed by atoms with Crippen molar-refractivity contribution in [2.75, 3.05) is 20.3 Å². The first-order chi connectivity index (χ1) is 7.77. The Morgan fingerprint density at radius 1 is 1.25 bits per heavy atom. The number of ether oxygens (including phenoxy) is 2. The van der Waals surface area contributed by atoms with Gasteiger partial charge in [-0.3, -0.25) is 0 Å². The molecule has 0 aliphatic carbocycles. The van der Waals surface area contributed by atoms with E-state index in [1.807, 2.05) is 0 Å². The van der Waals surface area contributed by atoms with Crippen LogP contribution >= 0.6 is 0 Å². The minimum Gasteiger partial charge on any atom is -0.491 e. The van der Waals surface area contributed by atoms with Gasteiger partial charge in [0, 0.05) is 13.7 Å². The van der Waals surface area contributed by atoms with E-state index in [0.29, 0.717) is 18.8 Å². The number of rotatable bonds is 7. The van der Waals surface area contributed by atoms with Gasteiger partial charge >= 0.3 is 0 Å². The van der Waals surface area contributed by atoms with Gasteiger partial charge in [-0.15, -0.1) is 0 Å². The third-order valence-corrected chi connectivity index (χ3v) is 2.18.